The van der Waals surface area contributed by atoms with Crippen molar-refractivity contribution in [3.63, 3.8) is 0 Å². The topological polar surface area (TPSA) is 16.1 Å². The Morgan fingerprint density at radius 3 is 2.82 bits per heavy atom. The van der Waals surface area contributed by atoms with Gasteiger partial charge in [0.05, 0.1) is 17.2 Å². The molecule has 0 amide bonds. The van der Waals surface area contributed by atoms with Crippen molar-refractivity contribution in [2.24, 2.45) is 0 Å². The molecule has 2 atom stereocenters. The van der Waals surface area contributed by atoms with Crippen molar-refractivity contribution in [1.82, 2.24) is 9.88 Å². The van der Waals surface area contributed by atoms with Crippen LogP contribution in [-0.4, -0.2) is 16.9 Å². The molecule has 0 aliphatic carbocycles. The first-order valence-corrected chi connectivity index (χ1v) is 4.75. The van der Waals surface area contributed by atoms with E-state index in [1.54, 1.807) is 11.3 Å². The summed E-state index contributed by atoms with van der Waals surface area (Å²) in [4.78, 5) is 8.16. The molecule has 2 unspecified atom stereocenters. The maximum absolute atomic E-state index is 4.36. The summed E-state index contributed by atoms with van der Waals surface area (Å²) >= 11 is 1.77. The van der Waals surface area contributed by atoms with Gasteiger partial charge in [0, 0.05) is 10.9 Å². The molecule has 0 radical (unpaired) electrons. The Hall–Kier alpha value is -0.410. The van der Waals surface area contributed by atoms with Crippen LogP contribution in [0.25, 0.3) is 0 Å². The van der Waals surface area contributed by atoms with Gasteiger partial charge in [-0.15, -0.1) is 11.3 Å². The smallest absolute Gasteiger partial charge is 0.0799 e. The van der Waals surface area contributed by atoms with Gasteiger partial charge in [0.1, 0.15) is 0 Å². The lowest BCUT2D eigenvalue weighted by atomic mass is 10.2. The molecule has 1 aliphatic rings. The van der Waals surface area contributed by atoms with Crippen LogP contribution in [0.15, 0.2) is 5.51 Å². The first-order chi connectivity index (χ1) is 5.22. The van der Waals surface area contributed by atoms with Gasteiger partial charge in [0.25, 0.3) is 0 Å². The van der Waals surface area contributed by atoms with Crippen LogP contribution in [-0.2, 0) is 0 Å². The molecule has 1 aromatic rings. The summed E-state index contributed by atoms with van der Waals surface area (Å²) in [5.74, 6) is 0. The quantitative estimate of drug-likeness (QED) is 0.590. The Labute approximate surface area is 70.9 Å². The van der Waals surface area contributed by atoms with Gasteiger partial charge in [-0.05, 0) is 20.9 Å². The minimum Gasteiger partial charge on any atom is -0.290 e. The van der Waals surface area contributed by atoms with Crippen LogP contribution in [0.1, 0.15) is 36.5 Å². The third-order valence-corrected chi connectivity index (χ3v) is 3.64. The molecule has 1 aliphatic heterocycles. The van der Waals surface area contributed by atoms with Crippen molar-refractivity contribution in [1.29, 1.82) is 0 Å². The molecular weight excluding hydrogens is 156 g/mol. The average molecular weight is 168 g/mol. The van der Waals surface area contributed by atoms with Gasteiger partial charge in [0.2, 0.25) is 0 Å². The highest BCUT2D eigenvalue weighted by molar-refractivity contribution is 7.09. The van der Waals surface area contributed by atoms with Crippen LogP contribution in [0.4, 0.5) is 0 Å². The Morgan fingerprint density at radius 2 is 2.18 bits per heavy atom. The SMILES string of the molecule is CC1c2ncsc2C(C)N1C. The predicted octanol–water partition coefficient (Wildman–Crippen LogP) is 2.21. The molecule has 2 nitrogen and oxygen atoms in total. The van der Waals surface area contributed by atoms with Crippen LogP contribution in [0.2, 0.25) is 0 Å². The van der Waals surface area contributed by atoms with Crippen LogP contribution >= 0.6 is 11.3 Å². The summed E-state index contributed by atoms with van der Waals surface area (Å²) in [6.07, 6.45) is 0. The molecule has 0 bridgehead atoms. The molecule has 11 heavy (non-hydrogen) atoms. The van der Waals surface area contributed by atoms with Crippen LogP contribution in [0, 0.1) is 0 Å². The van der Waals surface area contributed by atoms with E-state index >= 15 is 0 Å². The van der Waals surface area contributed by atoms with E-state index in [9.17, 15) is 0 Å². The van der Waals surface area contributed by atoms with Crippen LogP contribution < -0.4 is 0 Å². The summed E-state index contributed by atoms with van der Waals surface area (Å²) in [5.41, 5.74) is 3.23. The van der Waals surface area contributed by atoms with Crippen molar-refractivity contribution >= 4 is 11.3 Å². The minimum atomic E-state index is 0.506. The molecule has 0 saturated heterocycles. The van der Waals surface area contributed by atoms with Gasteiger partial charge >= 0.3 is 0 Å². The molecule has 3 heteroatoms. The van der Waals surface area contributed by atoms with E-state index in [2.05, 4.69) is 30.8 Å². The maximum Gasteiger partial charge on any atom is 0.0799 e. The molecule has 2 heterocycles. The van der Waals surface area contributed by atoms with Crippen molar-refractivity contribution in [2.75, 3.05) is 7.05 Å². The second-order valence-corrected chi connectivity index (χ2v) is 4.01. The number of rotatable bonds is 0. The van der Waals surface area contributed by atoms with Crippen molar-refractivity contribution in [2.45, 2.75) is 25.9 Å². The molecule has 60 valence electrons. The van der Waals surface area contributed by atoms with E-state index in [1.165, 1.54) is 10.6 Å². The number of aromatic nitrogens is 1. The Morgan fingerprint density at radius 1 is 1.45 bits per heavy atom. The lowest BCUT2D eigenvalue weighted by Crippen LogP contribution is -2.17. The summed E-state index contributed by atoms with van der Waals surface area (Å²) in [5, 5.41) is 0. The Kier molecular flexibility index (Phi) is 1.51. The first-order valence-electron chi connectivity index (χ1n) is 3.87. The molecule has 0 N–H and O–H groups in total. The number of hydrogen-bond acceptors (Lipinski definition) is 3. The summed E-state index contributed by atoms with van der Waals surface area (Å²) < 4.78 is 0. The fourth-order valence-corrected chi connectivity index (χ4v) is 2.59. The summed E-state index contributed by atoms with van der Waals surface area (Å²) in [7, 11) is 2.16. The van der Waals surface area contributed by atoms with E-state index in [4.69, 9.17) is 0 Å². The number of fused-ring (bicyclic) bond motifs is 1. The zero-order valence-corrected chi connectivity index (χ0v) is 7.85. The highest BCUT2D eigenvalue weighted by atomic mass is 32.1. The monoisotopic (exact) mass is 168 g/mol. The zero-order chi connectivity index (χ0) is 8.01. The van der Waals surface area contributed by atoms with Gasteiger partial charge in [-0.1, -0.05) is 0 Å². The molecule has 2 rings (SSSR count). The van der Waals surface area contributed by atoms with Crippen molar-refractivity contribution < 1.29 is 0 Å². The lowest BCUT2D eigenvalue weighted by Gasteiger charge is -2.19. The van der Waals surface area contributed by atoms with Gasteiger partial charge in [-0.3, -0.25) is 4.90 Å². The fraction of sp³-hybridized carbons (Fsp3) is 0.625. The molecule has 1 aromatic heterocycles. The Bertz CT molecular complexity index is 244. The van der Waals surface area contributed by atoms with Crippen molar-refractivity contribution in [3.05, 3.63) is 16.1 Å². The normalized spacial score (nSPS) is 30.8. The molecule has 0 saturated carbocycles. The standard InChI is InChI=1S/C8H12N2S/c1-5-7-8(11-4-9-7)6(2)10(5)3/h4-6H,1-3H3. The zero-order valence-electron chi connectivity index (χ0n) is 7.03. The summed E-state index contributed by atoms with van der Waals surface area (Å²) in [6.45, 7) is 4.45. The average Bonchev–Trinajstić information content (AvgIpc) is 2.53. The second-order valence-electron chi connectivity index (χ2n) is 3.12. The Balaban J connectivity index is 2.48. The number of nitrogens with zero attached hydrogens (tertiary/aromatic N) is 2. The molecule has 0 fully saturated rings. The maximum atomic E-state index is 4.36. The highest BCUT2D eigenvalue weighted by Crippen LogP contribution is 2.41. The fourth-order valence-electron chi connectivity index (χ4n) is 1.60. The predicted molar refractivity (Wildman–Crippen MR) is 46.7 cm³/mol. The first kappa shape index (κ1) is 7.25. The third kappa shape index (κ3) is 0.844. The van der Waals surface area contributed by atoms with Gasteiger partial charge in [-0.2, -0.15) is 0 Å². The lowest BCUT2D eigenvalue weighted by molar-refractivity contribution is 0.232. The van der Waals surface area contributed by atoms with Crippen LogP contribution in [0.5, 0.6) is 0 Å². The van der Waals surface area contributed by atoms with E-state index in [1.807, 2.05) is 5.51 Å². The highest BCUT2D eigenvalue weighted by Gasteiger charge is 2.32. The molecule has 0 aromatic carbocycles. The van der Waals surface area contributed by atoms with E-state index in [-0.39, 0.29) is 0 Å². The second kappa shape index (κ2) is 2.29. The van der Waals surface area contributed by atoms with Crippen molar-refractivity contribution in [3.8, 4) is 0 Å². The van der Waals surface area contributed by atoms with E-state index < -0.39 is 0 Å². The van der Waals surface area contributed by atoms with Crippen LogP contribution in [0.3, 0.4) is 0 Å². The molecular formula is C8H12N2S. The van der Waals surface area contributed by atoms with E-state index in [0.717, 1.165) is 0 Å². The minimum absolute atomic E-state index is 0.506. The largest absolute Gasteiger partial charge is 0.290 e. The number of hydrogen-bond donors (Lipinski definition) is 0. The molecule has 0 spiro atoms. The van der Waals surface area contributed by atoms with Gasteiger partial charge < -0.3 is 0 Å². The van der Waals surface area contributed by atoms with Gasteiger partial charge in [-0.25, -0.2) is 4.98 Å². The number of thiazole rings is 1. The van der Waals surface area contributed by atoms with Gasteiger partial charge in [0.15, 0.2) is 0 Å². The van der Waals surface area contributed by atoms with E-state index in [0.29, 0.717) is 12.1 Å². The summed E-state index contributed by atoms with van der Waals surface area (Å²) in [6, 6.07) is 1.07. The third-order valence-electron chi connectivity index (χ3n) is 2.62.